The van der Waals surface area contributed by atoms with E-state index in [0.717, 1.165) is 11.0 Å². The van der Waals surface area contributed by atoms with Crippen molar-refractivity contribution in [3.8, 4) is 5.75 Å². The number of hydrogen-bond acceptors (Lipinski definition) is 4. The van der Waals surface area contributed by atoms with Gasteiger partial charge in [-0.1, -0.05) is 15.9 Å². The fourth-order valence-corrected chi connectivity index (χ4v) is 4.27. The minimum absolute atomic E-state index is 0.0313. The van der Waals surface area contributed by atoms with E-state index in [1.165, 1.54) is 37.4 Å². The lowest BCUT2D eigenvalue weighted by Gasteiger charge is -2.34. The monoisotopic (exact) mass is 400 g/mol. The van der Waals surface area contributed by atoms with Crippen LogP contribution in [0.15, 0.2) is 45.8 Å². The van der Waals surface area contributed by atoms with Gasteiger partial charge in [-0.15, -0.1) is 0 Å². The van der Waals surface area contributed by atoms with E-state index in [4.69, 9.17) is 0 Å². The number of carbonyl (C=O) groups excluding carboxylic acids is 1. The maximum atomic E-state index is 14.2. The molecular formula is C14H10BrFN2O4S. The number of anilines is 2. The molecule has 0 aromatic heterocycles. The van der Waals surface area contributed by atoms with Crippen LogP contribution >= 0.6 is 15.9 Å². The van der Waals surface area contributed by atoms with Crippen LogP contribution in [0, 0.1) is 5.82 Å². The minimum Gasteiger partial charge on any atom is -0.508 e. The van der Waals surface area contributed by atoms with Gasteiger partial charge >= 0.3 is 6.03 Å². The molecule has 0 atom stereocenters. The molecular weight excluding hydrogens is 391 g/mol. The number of phenols is 1. The highest BCUT2D eigenvalue weighted by Gasteiger charge is 2.42. The normalized spacial score (nSPS) is 16.4. The van der Waals surface area contributed by atoms with Crippen molar-refractivity contribution < 1.29 is 22.7 Å². The first-order valence-corrected chi connectivity index (χ1v) is 8.58. The first-order chi connectivity index (χ1) is 10.7. The molecule has 0 saturated carbocycles. The topological polar surface area (TPSA) is 77.9 Å². The molecule has 0 spiro atoms. The maximum absolute atomic E-state index is 14.2. The van der Waals surface area contributed by atoms with Gasteiger partial charge in [-0.2, -0.15) is 4.31 Å². The zero-order chi connectivity index (χ0) is 16.9. The lowest BCUT2D eigenvalue weighted by Crippen LogP contribution is -2.49. The van der Waals surface area contributed by atoms with E-state index in [1.807, 2.05) is 0 Å². The maximum Gasteiger partial charge on any atom is 0.343 e. The van der Waals surface area contributed by atoms with Crippen molar-refractivity contribution in [2.75, 3.05) is 16.3 Å². The van der Waals surface area contributed by atoms with Crippen LogP contribution in [0.25, 0.3) is 0 Å². The van der Waals surface area contributed by atoms with Gasteiger partial charge in [0.05, 0.1) is 11.4 Å². The summed E-state index contributed by atoms with van der Waals surface area (Å²) >= 11 is 3.08. The van der Waals surface area contributed by atoms with Gasteiger partial charge in [-0.05, 0) is 30.3 Å². The van der Waals surface area contributed by atoms with Gasteiger partial charge in [-0.25, -0.2) is 17.6 Å². The number of halogens is 2. The molecule has 2 amide bonds. The van der Waals surface area contributed by atoms with E-state index in [9.17, 15) is 22.7 Å². The molecule has 0 fully saturated rings. The number of fused-ring (bicyclic) bond motifs is 1. The summed E-state index contributed by atoms with van der Waals surface area (Å²) in [5, 5.41) is 9.51. The van der Waals surface area contributed by atoms with Crippen molar-refractivity contribution in [2.24, 2.45) is 0 Å². The lowest BCUT2D eigenvalue weighted by molar-refractivity contribution is 0.255. The van der Waals surface area contributed by atoms with Crippen molar-refractivity contribution >= 4 is 43.4 Å². The van der Waals surface area contributed by atoms with Crippen molar-refractivity contribution in [1.82, 2.24) is 0 Å². The Morgan fingerprint density at radius 2 is 1.83 bits per heavy atom. The molecule has 9 heteroatoms. The molecule has 2 aromatic carbocycles. The molecule has 0 bridgehead atoms. The minimum atomic E-state index is -4.29. The zero-order valence-electron chi connectivity index (χ0n) is 11.7. The lowest BCUT2D eigenvalue weighted by atomic mass is 10.2. The fourth-order valence-electron chi connectivity index (χ4n) is 2.30. The van der Waals surface area contributed by atoms with Crippen LogP contribution in [0.4, 0.5) is 20.6 Å². The van der Waals surface area contributed by atoms with Crippen LogP contribution < -0.4 is 9.21 Å². The van der Waals surface area contributed by atoms with Crippen LogP contribution in [0.3, 0.4) is 0 Å². The number of carbonyl (C=O) groups is 1. The van der Waals surface area contributed by atoms with Crippen LogP contribution in [-0.4, -0.2) is 26.6 Å². The number of phenolic OH excluding ortho intramolecular Hbond substituents is 1. The van der Waals surface area contributed by atoms with Gasteiger partial charge < -0.3 is 5.11 Å². The van der Waals surface area contributed by atoms with E-state index in [0.29, 0.717) is 8.78 Å². The quantitative estimate of drug-likeness (QED) is 0.797. The summed E-state index contributed by atoms with van der Waals surface area (Å²) in [6, 6.07) is 6.30. The largest absolute Gasteiger partial charge is 0.508 e. The molecule has 0 saturated heterocycles. The number of amides is 2. The van der Waals surface area contributed by atoms with Gasteiger partial charge in [0, 0.05) is 17.6 Å². The average Bonchev–Trinajstić information content (AvgIpc) is 2.47. The Balaban J connectivity index is 2.27. The summed E-state index contributed by atoms with van der Waals surface area (Å²) in [6.45, 7) is 0. The first-order valence-electron chi connectivity index (χ1n) is 6.34. The molecule has 3 rings (SSSR count). The second kappa shape index (κ2) is 5.20. The molecule has 1 N–H and O–H groups in total. The smallest absolute Gasteiger partial charge is 0.343 e. The van der Waals surface area contributed by atoms with E-state index in [1.54, 1.807) is 0 Å². The highest BCUT2D eigenvalue weighted by Crippen LogP contribution is 2.39. The molecule has 0 radical (unpaired) electrons. The van der Waals surface area contributed by atoms with E-state index in [-0.39, 0.29) is 22.0 Å². The third-order valence-corrected chi connectivity index (χ3v) is 5.64. The summed E-state index contributed by atoms with van der Waals surface area (Å²) in [6.07, 6.45) is 0. The Bertz CT molecular complexity index is 932. The molecule has 120 valence electrons. The van der Waals surface area contributed by atoms with Crippen molar-refractivity contribution in [3.05, 3.63) is 46.7 Å². The number of benzene rings is 2. The predicted molar refractivity (Wildman–Crippen MR) is 85.7 cm³/mol. The van der Waals surface area contributed by atoms with E-state index >= 15 is 0 Å². The Morgan fingerprint density at radius 1 is 1.13 bits per heavy atom. The molecule has 23 heavy (non-hydrogen) atoms. The Labute approximate surface area is 139 Å². The SMILES string of the molecule is CN1C(=O)N(c2ccc(Br)cc2F)S(=O)(=O)c2ccc(O)cc21. The number of urea groups is 1. The molecule has 1 heterocycles. The highest BCUT2D eigenvalue weighted by molar-refractivity contribution is 9.10. The third-order valence-electron chi connectivity index (χ3n) is 3.41. The Morgan fingerprint density at radius 3 is 2.48 bits per heavy atom. The third kappa shape index (κ3) is 2.36. The van der Waals surface area contributed by atoms with Crippen LogP contribution in [-0.2, 0) is 10.0 Å². The number of rotatable bonds is 1. The molecule has 6 nitrogen and oxygen atoms in total. The predicted octanol–water partition coefficient (Wildman–Crippen LogP) is 3.06. The van der Waals surface area contributed by atoms with E-state index in [2.05, 4.69) is 15.9 Å². The van der Waals surface area contributed by atoms with Crippen LogP contribution in [0.1, 0.15) is 0 Å². The van der Waals surface area contributed by atoms with Gasteiger partial charge in [0.2, 0.25) is 0 Å². The second-order valence-corrected chi connectivity index (χ2v) is 7.53. The summed E-state index contributed by atoms with van der Waals surface area (Å²) < 4.78 is 40.5. The summed E-state index contributed by atoms with van der Waals surface area (Å²) in [4.78, 5) is 13.3. The van der Waals surface area contributed by atoms with Gasteiger partial charge in [-0.3, -0.25) is 4.90 Å². The summed E-state index contributed by atoms with van der Waals surface area (Å²) in [5.74, 6) is -1.03. The summed E-state index contributed by atoms with van der Waals surface area (Å²) in [7, 11) is -2.95. The summed E-state index contributed by atoms with van der Waals surface area (Å²) in [5.41, 5.74) is -0.340. The molecule has 1 aliphatic heterocycles. The average molecular weight is 401 g/mol. The second-order valence-electron chi connectivity index (χ2n) is 4.86. The van der Waals surface area contributed by atoms with Crippen molar-refractivity contribution in [3.63, 3.8) is 0 Å². The van der Waals surface area contributed by atoms with Crippen LogP contribution in [0.2, 0.25) is 0 Å². The zero-order valence-corrected chi connectivity index (χ0v) is 14.1. The standard InChI is InChI=1S/C14H10BrFN2O4S/c1-17-12-7-9(19)3-5-13(12)23(21,22)18(14(17)20)11-4-2-8(15)6-10(11)16/h2-7,19H,1H3. The van der Waals surface area contributed by atoms with Crippen LogP contribution in [0.5, 0.6) is 5.75 Å². The van der Waals surface area contributed by atoms with E-state index < -0.39 is 21.9 Å². The van der Waals surface area contributed by atoms with Gasteiger partial charge in [0.25, 0.3) is 10.0 Å². The molecule has 0 unspecified atom stereocenters. The van der Waals surface area contributed by atoms with Gasteiger partial charge in [0.15, 0.2) is 0 Å². The first kappa shape index (κ1) is 15.8. The number of hydrogen-bond donors (Lipinski definition) is 1. The van der Waals surface area contributed by atoms with Crippen molar-refractivity contribution in [1.29, 1.82) is 0 Å². The van der Waals surface area contributed by atoms with Gasteiger partial charge in [0.1, 0.15) is 16.5 Å². The Hall–Kier alpha value is -2.13. The molecule has 0 aliphatic carbocycles. The molecule has 1 aliphatic rings. The Kier molecular flexibility index (Phi) is 3.56. The highest BCUT2D eigenvalue weighted by atomic mass is 79.9. The molecule has 2 aromatic rings. The fraction of sp³-hybridized carbons (Fsp3) is 0.0714. The van der Waals surface area contributed by atoms with Crippen molar-refractivity contribution in [2.45, 2.75) is 4.90 Å². The number of aromatic hydroxyl groups is 1. The number of nitrogens with zero attached hydrogens (tertiary/aromatic N) is 2. The number of sulfonamides is 1.